The molecule has 0 radical (unpaired) electrons. The Morgan fingerprint density at radius 2 is 2.33 bits per heavy atom. The summed E-state index contributed by atoms with van der Waals surface area (Å²) in [4.78, 5) is 3.65. The molecule has 0 saturated heterocycles. The Balaban J connectivity index is 2.86. The second kappa shape index (κ2) is 3.92. The molecular formula is C8H7F2NO. The van der Waals surface area contributed by atoms with Crippen LogP contribution in [0.3, 0.4) is 0 Å². The number of rotatable bonds is 2. The SMILES string of the molecule is OC(C(F)=CF)c1ccccn1. The summed E-state index contributed by atoms with van der Waals surface area (Å²) < 4.78 is 24.0. The van der Waals surface area contributed by atoms with E-state index in [1.165, 1.54) is 12.3 Å². The lowest BCUT2D eigenvalue weighted by Crippen LogP contribution is -1.99. The van der Waals surface area contributed by atoms with E-state index in [-0.39, 0.29) is 12.0 Å². The summed E-state index contributed by atoms with van der Waals surface area (Å²) >= 11 is 0. The minimum absolute atomic E-state index is 0.0869. The molecule has 1 N–H and O–H groups in total. The largest absolute Gasteiger partial charge is 0.379 e. The van der Waals surface area contributed by atoms with Gasteiger partial charge in [-0.1, -0.05) is 6.07 Å². The van der Waals surface area contributed by atoms with Crippen LogP contribution in [-0.4, -0.2) is 10.1 Å². The lowest BCUT2D eigenvalue weighted by molar-refractivity contribution is 0.178. The maximum Gasteiger partial charge on any atom is 0.163 e. The number of nitrogens with zero attached hydrogens (tertiary/aromatic N) is 1. The Labute approximate surface area is 68.2 Å². The van der Waals surface area contributed by atoms with Crippen molar-refractivity contribution < 1.29 is 13.9 Å². The van der Waals surface area contributed by atoms with Crippen LogP contribution in [0.25, 0.3) is 0 Å². The zero-order valence-corrected chi connectivity index (χ0v) is 6.11. The van der Waals surface area contributed by atoms with Gasteiger partial charge in [0.2, 0.25) is 0 Å². The fourth-order valence-electron chi connectivity index (χ4n) is 0.739. The molecule has 12 heavy (non-hydrogen) atoms. The standard InChI is InChI=1S/C8H7F2NO/c9-5-6(10)8(12)7-3-1-2-4-11-7/h1-5,8,12H. The van der Waals surface area contributed by atoms with Gasteiger partial charge in [-0.3, -0.25) is 4.98 Å². The minimum Gasteiger partial charge on any atom is -0.379 e. The highest BCUT2D eigenvalue weighted by Gasteiger charge is 2.13. The van der Waals surface area contributed by atoms with Crippen molar-refractivity contribution in [2.45, 2.75) is 6.10 Å². The number of aliphatic hydroxyl groups excluding tert-OH is 1. The van der Waals surface area contributed by atoms with E-state index < -0.39 is 11.9 Å². The molecular weight excluding hydrogens is 164 g/mol. The second-order valence-corrected chi connectivity index (χ2v) is 2.15. The highest BCUT2D eigenvalue weighted by molar-refractivity contribution is 5.14. The van der Waals surface area contributed by atoms with Crippen LogP contribution in [0.5, 0.6) is 0 Å². The zero-order valence-electron chi connectivity index (χ0n) is 6.11. The van der Waals surface area contributed by atoms with Gasteiger partial charge in [0.25, 0.3) is 0 Å². The van der Waals surface area contributed by atoms with Crippen molar-refractivity contribution in [3.8, 4) is 0 Å². The number of hydrogen-bond donors (Lipinski definition) is 1. The van der Waals surface area contributed by atoms with Crippen LogP contribution in [0.15, 0.2) is 36.6 Å². The second-order valence-electron chi connectivity index (χ2n) is 2.15. The first-order valence-corrected chi connectivity index (χ1v) is 3.30. The normalized spacial score (nSPS) is 14.4. The first kappa shape index (κ1) is 8.80. The van der Waals surface area contributed by atoms with Gasteiger partial charge in [0.05, 0.1) is 5.69 Å². The molecule has 0 amide bonds. The van der Waals surface area contributed by atoms with Gasteiger partial charge in [0.15, 0.2) is 5.83 Å². The molecule has 1 aromatic heterocycles. The average Bonchev–Trinajstić information content (AvgIpc) is 2.17. The molecule has 1 aromatic rings. The van der Waals surface area contributed by atoms with Crippen LogP contribution in [0.2, 0.25) is 0 Å². The summed E-state index contributed by atoms with van der Waals surface area (Å²) in [6, 6.07) is 4.61. The number of pyridine rings is 1. The van der Waals surface area contributed by atoms with Crippen LogP contribution in [0.4, 0.5) is 8.78 Å². The van der Waals surface area contributed by atoms with Crippen molar-refractivity contribution >= 4 is 0 Å². The lowest BCUT2D eigenvalue weighted by Gasteiger charge is -2.04. The van der Waals surface area contributed by atoms with Crippen LogP contribution < -0.4 is 0 Å². The maximum absolute atomic E-state index is 12.4. The Morgan fingerprint density at radius 1 is 1.58 bits per heavy atom. The molecule has 0 saturated carbocycles. The van der Waals surface area contributed by atoms with Crippen molar-refractivity contribution in [1.29, 1.82) is 0 Å². The van der Waals surface area contributed by atoms with Gasteiger partial charge in [-0.25, -0.2) is 8.78 Å². The molecule has 4 heteroatoms. The van der Waals surface area contributed by atoms with E-state index in [4.69, 9.17) is 5.11 Å². The highest BCUT2D eigenvalue weighted by atomic mass is 19.2. The van der Waals surface area contributed by atoms with Crippen molar-refractivity contribution in [3.63, 3.8) is 0 Å². The van der Waals surface area contributed by atoms with Gasteiger partial charge in [-0.2, -0.15) is 0 Å². The number of aromatic nitrogens is 1. The minimum atomic E-state index is -1.60. The lowest BCUT2D eigenvalue weighted by atomic mass is 10.2. The van der Waals surface area contributed by atoms with Gasteiger partial charge in [-0.05, 0) is 12.1 Å². The van der Waals surface area contributed by atoms with Gasteiger partial charge in [0.1, 0.15) is 12.4 Å². The van der Waals surface area contributed by atoms with E-state index in [9.17, 15) is 8.78 Å². The van der Waals surface area contributed by atoms with Crippen LogP contribution in [-0.2, 0) is 0 Å². The summed E-state index contributed by atoms with van der Waals surface area (Å²) in [5, 5.41) is 9.04. The highest BCUT2D eigenvalue weighted by Crippen LogP contribution is 2.19. The quantitative estimate of drug-likeness (QED) is 0.737. The molecule has 64 valence electrons. The van der Waals surface area contributed by atoms with E-state index in [2.05, 4.69) is 4.98 Å². The molecule has 0 aliphatic heterocycles. The molecule has 0 fully saturated rings. The molecule has 1 heterocycles. The number of hydrogen-bond acceptors (Lipinski definition) is 2. The Hall–Kier alpha value is -1.29. The smallest absolute Gasteiger partial charge is 0.163 e. The van der Waals surface area contributed by atoms with E-state index in [1.807, 2.05) is 0 Å². The first-order chi connectivity index (χ1) is 5.75. The van der Waals surface area contributed by atoms with Gasteiger partial charge < -0.3 is 5.11 Å². The molecule has 1 atom stereocenters. The van der Waals surface area contributed by atoms with Crippen LogP contribution in [0.1, 0.15) is 11.8 Å². The molecule has 2 nitrogen and oxygen atoms in total. The van der Waals surface area contributed by atoms with E-state index in [1.54, 1.807) is 12.1 Å². The van der Waals surface area contributed by atoms with Crippen LogP contribution >= 0.6 is 0 Å². The molecule has 0 spiro atoms. The zero-order chi connectivity index (χ0) is 8.97. The van der Waals surface area contributed by atoms with Gasteiger partial charge >= 0.3 is 0 Å². The fraction of sp³-hybridized carbons (Fsp3) is 0.125. The monoisotopic (exact) mass is 171 g/mol. The van der Waals surface area contributed by atoms with E-state index in [0.29, 0.717) is 0 Å². The Bertz CT molecular complexity index is 274. The molecule has 0 bridgehead atoms. The predicted octanol–water partition coefficient (Wildman–Crippen LogP) is 1.90. The number of aliphatic hydroxyl groups is 1. The van der Waals surface area contributed by atoms with Crippen LogP contribution in [0, 0.1) is 0 Å². The third-order valence-electron chi connectivity index (χ3n) is 1.33. The van der Waals surface area contributed by atoms with Crippen molar-refractivity contribution in [3.05, 3.63) is 42.2 Å². The fourth-order valence-corrected chi connectivity index (χ4v) is 0.739. The summed E-state index contributed by atoms with van der Waals surface area (Å²) in [6.07, 6.45) is -0.486. The van der Waals surface area contributed by atoms with Crippen molar-refractivity contribution in [1.82, 2.24) is 4.98 Å². The van der Waals surface area contributed by atoms with Crippen molar-refractivity contribution in [2.75, 3.05) is 0 Å². The van der Waals surface area contributed by atoms with E-state index >= 15 is 0 Å². The Morgan fingerprint density at radius 3 is 2.83 bits per heavy atom. The molecule has 1 unspecified atom stereocenters. The third-order valence-corrected chi connectivity index (χ3v) is 1.33. The predicted molar refractivity (Wildman–Crippen MR) is 39.5 cm³/mol. The average molecular weight is 171 g/mol. The summed E-state index contributed by atoms with van der Waals surface area (Å²) in [5.41, 5.74) is 0.0869. The Kier molecular flexibility index (Phi) is 2.88. The summed E-state index contributed by atoms with van der Waals surface area (Å²) in [5.74, 6) is -1.24. The summed E-state index contributed by atoms with van der Waals surface area (Å²) in [6.45, 7) is 0. The maximum atomic E-state index is 12.4. The molecule has 0 aliphatic rings. The molecule has 0 aromatic carbocycles. The topological polar surface area (TPSA) is 33.1 Å². The summed E-state index contributed by atoms with van der Waals surface area (Å²) in [7, 11) is 0. The molecule has 0 aliphatic carbocycles. The molecule has 1 rings (SSSR count). The van der Waals surface area contributed by atoms with Gasteiger partial charge in [-0.15, -0.1) is 0 Å². The number of halogens is 2. The third kappa shape index (κ3) is 1.85. The van der Waals surface area contributed by atoms with Gasteiger partial charge in [0, 0.05) is 6.20 Å². The van der Waals surface area contributed by atoms with Crippen molar-refractivity contribution in [2.24, 2.45) is 0 Å². The van der Waals surface area contributed by atoms with E-state index in [0.717, 1.165) is 0 Å². The first-order valence-electron chi connectivity index (χ1n) is 3.30.